The molecule has 1 heterocycles. The molecule has 0 bridgehead atoms. The first-order chi connectivity index (χ1) is 7.20. The van der Waals surface area contributed by atoms with Crippen LogP contribution in [0.5, 0.6) is 0 Å². The van der Waals surface area contributed by atoms with E-state index in [4.69, 9.17) is 10.5 Å². The Hall–Kier alpha value is -0.120. The molecule has 2 N–H and O–H groups in total. The average molecular weight is 212 g/mol. The minimum absolute atomic E-state index is 0.420. The number of likely N-dealkylation sites (tertiary alicyclic amines) is 1. The topological polar surface area (TPSA) is 38.5 Å². The summed E-state index contributed by atoms with van der Waals surface area (Å²) < 4.78 is 5.60. The molecule has 0 aromatic rings. The highest BCUT2D eigenvalue weighted by molar-refractivity contribution is 4.92. The fraction of sp³-hybridized carbons (Fsp3) is 1.00. The second-order valence-corrected chi connectivity index (χ2v) is 5.13. The van der Waals surface area contributed by atoms with Crippen molar-refractivity contribution in [2.24, 2.45) is 11.7 Å². The summed E-state index contributed by atoms with van der Waals surface area (Å²) in [5.74, 6) is 0.657. The number of hydrogen-bond donors (Lipinski definition) is 1. The number of hydrogen-bond acceptors (Lipinski definition) is 3. The lowest BCUT2D eigenvalue weighted by Crippen LogP contribution is -2.55. The van der Waals surface area contributed by atoms with Crippen molar-refractivity contribution < 1.29 is 4.74 Å². The third-order valence-corrected chi connectivity index (χ3v) is 3.99. The molecule has 2 atom stereocenters. The Morgan fingerprint density at radius 1 is 1.40 bits per heavy atom. The van der Waals surface area contributed by atoms with Crippen LogP contribution in [0.4, 0.5) is 0 Å². The third kappa shape index (κ3) is 2.52. The van der Waals surface area contributed by atoms with Crippen molar-refractivity contribution in [1.29, 1.82) is 0 Å². The van der Waals surface area contributed by atoms with Gasteiger partial charge < -0.3 is 10.5 Å². The maximum atomic E-state index is 6.02. The molecule has 1 aliphatic heterocycles. The molecular formula is C12H24N2O. The molecule has 2 rings (SSSR count). The van der Waals surface area contributed by atoms with Gasteiger partial charge in [0, 0.05) is 25.2 Å². The minimum atomic E-state index is 0.420. The summed E-state index contributed by atoms with van der Waals surface area (Å²) in [4.78, 5) is 2.61. The standard InChI is InChI=1S/C12H24N2O/c1-3-15-11-6-10(7-11)14-5-4-12(13)9(2)8-14/h9-12H,3-8,13H2,1-2H3. The van der Waals surface area contributed by atoms with E-state index in [2.05, 4.69) is 18.7 Å². The minimum Gasteiger partial charge on any atom is -0.378 e. The Labute approximate surface area is 93.0 Å². The van der Waals surface area contributed by atoms with Gasteiger partial charge in [-0.2, -0.15) is 0 Å². The molecule has 0 aromatic carbocycles. The predicted molar refractivity (Wildman–Crippen MR) is 61.8 cm³/mol. The lowest BCUT2D eigenvalue weighted by molar-refractivity contribution is -0.0561. The number of nitrogens with zero attached hydrogens (tertiary/aromatic N) is 1. The molecule has 3 nitrogen and oxygen atoms in total. The van der Waals surface area contributed by atoms with Gasteiger partial charge in [-0.1, -0.05) is 6.92 Å². The molecule has 2 unspecified atom stereocenters. The van der Waals surface area contributed by atoms with Crippen molar-refractivity contribution in [3.05, 3.63) is 0 Å². The van der Waals surface area contributed by atoms with Gasteiger partial charge in [-0.15, -0.1) is 0 Å². The average Bonchev–Trinajstić information content (AvgIpc) is 2.16. The number of nitrogens with two attached hydrogens (primary N) is 1. The highest BCUT2D eigenvalue weighted by Gasteiger charge is 2.36. The second-order valence-electron chi connectivity index (χ2n) is 5.13. The van der Waals surface area contributed by atoms with Gasteiger partial charge in [0.1, 0.15) is 0 Å². The van der Waals surface area contributed by atoms with Gasteiger partial charge in [-0.3, -0.25) is 4.90 Å². The van der Waals surface area contributed by atoms with Crippen LogP contribution in [0, 0.1) is 5.92 Å². The first-order valence-corrected chi connectivity index (χ1v) is 6.32. The zero-order valence-electron chi connectivity index (χ0n) is 9.98. The quantitative estimate of drug-likeness (QED) is 0.764. The lowest BCUT2D eigenvalue weighted by Gasteiger charge is -2.46. The number of ether oxygens (including phenoxy) is 1. The monoisotopic (exact) mass is 212 g/mol. The zero-order chi connectivity index (χ0) is 10.8. The van der Waals surface area contributed by atoms with Gasteiger partial charge in [0.05, 0.1) is 6.10 Å². The van der Waals surface area contributed by atoms with Gasteiger partial charge >= 0.3 is 0 Å². The van der Waals surface area contributed by atoms with Crippen LogP contribution >= 0.6 is 0 Å². The summed E-state index contributed by atoms with van der Waals surface area (Å²) in [6.07, 6.45) is 4.16. The van der Waals surface area contributed by atoms with Gasteiger partial charge in [0.15, 0.2) is 0 Å². The lowest BCUT2D eigenvalue weighted by atomic mass is 9.84. The summed E-state index contributed by atoms with van der Waals surface area (Å²) in [6, 6.07) is 1.19. The van der Waals surface area contributed by atoms with Crippen molar-refractivity contribution in [1.82, 2.24) is 4.90 Å². The molecule has 1 aliphatic carbocycles. The molecular weight excluding hydrogens is 188 g/mol. The molecule has 2 aliphatic rings. The molecule has 88 valence electrons. The van der Waals surface area contributed by atoms with Crippen LogP contribution in [0.3, 0.4) is 0 Å². The van der Waals surface area contributed by atoms with Gasteiger partial charge in [0.25, 0.3) is 0 Å². The molecule has 0 aromatic heterocycles. The zero-order valence-corrected chi connectivity index (χ0v) is 9.98. The fourth-order valence-electron chi connectivity index (χ4n) is 2.74. The fourth-order valence-corrected chi connectivity index (χ4v) is 2.74. The third-order valence-electron chi connectivity index (χ3n) is 3.99. The van der Waals surface area contributed by atoms with Crippen molar-refractivity contribution in [3.63, 3.8) is 0 Å². The predicted octanol–water partition coefficient (Wildman–Crippen LogP) is 1.22. The molecule has 2 fully saturated rings. The van der Waals surface area contributed by atoms with Crippen LogP contribution < -0.4 is 5.73 Å². The van der Waals surface area contributed by atoms with E-state index in [1.54, 1.807) is 0 Å². The van der Waals surface area contributed by atoms with Crippen LogP contribution in [0.15, 0.2) is 0 Å². The first kappa shape index (κ1) is 11.4. The summed E-state index contributed by atoms with van der Waals surface area (Å²) >= 11 is 0. The van der Waals surface area contributed by atoms with Crippen LogP contribution in [-0.2, 0) is 4.74 Å². The Bertz CT molecular complexity index is 204. The van der Waals surface area contributed by atoms with Crippen molar-refractivity contribution in [2.45, 2.75) is 51.3 Å². The smallest absolute Gasteiger partial charge is 0.0604 e. The van der Waals surface area contributed by atoms with E-state index in [-0.39, 0.29) is 0 Å². The Kier molecular flexibility index (Phi) is 3.65. The highest BCUT2D eigenvalue weighted by Crippen LogP contribution is 2.31. The van der Waals surface area contributed by atoms with Gasteiger partial charge in [0.2, 0.25) is 0 Å². The molecule has 1 saturated carbocycles. The molecule has 15 heavy (non-hydrogen) atoms. The van der Waals surface area contributed by atoms with Crippen molar-refractivity contribution in [2.75, 3.05) is 19.7 Å². The number of rotatable bonds is 3. The summed E-state index contributed by atoms with van der Waals surface area (Å²) in [6.45, 7) is 7.59. The maximum absolute atomic E-state index is 6.02. The summed E-state index contributed by atoms with van der Waals surface area (Å²) in [5.41, 5.74) is 6.02. The van der Waals surface area contributed by atoms with E-state index >= 15 is 0 Å². The van der Waals surface area contributed by atoms with Crippen LogP contribution in [-0.4, -0.2) is 42.8 Å². The van der Waals surface area contributed by atoms with E-state index in [0.29, 0.717) is 18.1 Å². The van der Waals surface area contributed by atoms with Crippen LogP contribution in [0.2, 0.25) is 0 Å². The normalized spacial score (nSPS) is 42.6. The number of piperidine rings is 1. The SMILES string of the molecule is CCOC1CC(N2CCC(N)C(C)C2)C1. The van der Waals surface area contributed by atoms with E-state index < -0.39 is 0 Å². The maximum Gasteiger partial charge on any atom is 0.0604 e. The first-order valence-electron chi connectivity index (χ1n) is 6.32. The van der Waals surface area contributed by atoms with Crippen LogP contribution in [0.1, 0.15) is 33.1 Å². The van der Waals surface area contributed by atoms with E-state index in [1.165, 1.54) is 25.9 Å². The summed E-state index contributed by atoms with van der Waals surface area (Å²) in [7, 11) is 0. The Balaban J connectivity index is 1.73. The van der Waals surface area contributed by atoms with Crippen LogP contribution in [0.25, 0.3) is 0 Å². The van der Waals surface area contributed by atoms with Crippen molar-refractivity contribution in [3.8, 4) is 0 Å². The molecule has 1 saturated heterocycles. The molecule has 0 amide bonds. The van der Waals surface area contributed by atoms with Crippen molar-refractivity contribution >= 4 is 0 Å². The molecule has 3 heteroatoms. The van der Waals surface area contributed by atoms with E-state index in [1.807, 2.05) is 0 Å². The Morgan fingerprint density at radius 2 is 2.13 bits per heavy atom. The molecule has 0 spiro atoms. The largest absolute Gasteiger partial charge is 0.378 e. The Morgan fingerprint density at radius 3 is 2.73 bits per heavy atom. The second kappa shape index (κ2) is 4.81. The highest BCUT2D eigenvalue weighted by atomic mass is 16.5. The van der Waals surface area contributed by atoms with E-state index in [9.17, 15) is 0 Å². The van der Waals surface area contributed by atoms with E-state index in [0.717, 1.165) is 19.1 Å². The summed E-state index contributed by atoms with van der Waals surface area (Å²) in [5, 5.41) is 0. The molecule has 0 radical (unpaired) electrons. The van der Waals surface area contributed by atoms with Gasteiger partial charge in [-0.25, -0.2) is 0 Å². The van der Waals surface area contributed by atoms with Gasteiger partial charge in [-0.05, 0) is 38.6 Å².